The summed E-state index contributed by atoms with van der Waals surface area (Å²) in [6.45, 7) is 1.41. The van der Waals surface area contributed by atoms with Crippen LogP contribution >= 0.6 is 29.2 Å². The van der Waals surface area contributed by atoms with Crippen LogP contribution in [0.5, 0.6) is 0 Å². The molecule has 1 fully saturated rings. The highest BCUT2D eigenvalue weighted by Crippen LogP contribution is 2.34. The van der Waals surface area contributed by atoms with E-state index in [1.807, 2.05) is 6.92 Å². The number of hydrogen-bond donors (Lipinski definition) is 6. The Balaban J connectivity index is 2.29. The lowest BCUT2D eigenvalue weighted by molar-refractivity contribution is -0.0569. The Bertz CT molecular complexity index is 861. The molecule has 1 aliphatic heterocycles. The third-order valence-electron chi connectivity index (χ3n) is 4.03. The van der Waals surface area contributed by atoms with Gasteiger partial charge < -0.3 is 35.9 Å². The number of aromatic nitrogens is 2. The molecule has 0 spiro atoms. The summed E-state index contributed by atoms with van der Waals surface area (Å²) in [7, 11) is -3.91. The average molecular weight is 469 g/mol. The van der Waals surface area contributed by atoms with Gasteiger partial charge in [0.1, 0.15) is 29.7 Å². The van der Waals surface area contributed by atoms with Gasteiger partial charge in [-0.05, 0) is 18.6 Å². The van der Waals surface area contributed by atoms with E-state index in [2.05, 4.69) is 14.7 Å². The molecular weight excluding hydrogens is 448 g/mol. The van der Waals surface area contributed by atoms with Crippen molar-refractivity contribution in [2.24, 2.45) is 5.73 Å². The first kappa shape index (κ1) is 23.8. The molecule has 29 heavy (non-hydrogen) atoms. The molecule has 0 aliphatic carbocycles. The Morgan fingerprint density at radius 1 is 1.52 bits per heavy atom. The van der Waals surface area contributed by atoms with Gasteiger partial charge in [0.25, 0.3) is 5.56 Å². The van der Waals surface area contributed by atoms with Crippen molar-refractivity contribution in [2.75, 3.05) is 11.9 Å². The number of aromatic amines is 1. The molecule has 1 aliphatic rings. The van der Waals surface area contributed by atoms with Gasteiger partial charge in [-0.3, -0.25) is 14.5 Å². The molecule has 5 atom stereocenters. The topological polar surface area (TPSA) is 202 Å². The van der Waals surface area contributed by atoms with Gasteiger partial charge in [-0.1, -0.05) is 13.3 Å². The van der Waals surface area contributed by atoms with Crippen molar-refractivity contribution in [3.8, 4) is 0 Å². The zero-order valence-electron chi connectivity index (χ0n) is 15.2. The summed E-state index contributed by atoms with van der Waals surface area (Å²) in [5.41, 5.74) is 4.86. The molecule has 0 amide bonds. The predicted molar refractivity (Wildman–Crippen MR) is 107 cm³/mol. The predicted octanol–water partition coefficient (Wildman–Crippen LogP) is 0.249. The van der Waals surface area contributed by atoms with Crippen molar-refractivity contribution >= 4 is 45.7 Å². The molecule has 13 nitrogen and oxygen atoms in total. The molecule has 16 heteroatoms. The van der Waals surface area contributed by atoms with Crippen LogP contribution in [-0.4, -0.2) is 55.7 Å². The highest BCUT2D eigenvalue weighted by molar-refractivity contribution is 7.80. The summed E-state index contributed by atoms with van der Waals surface area (Å²) in [6.07, 6.45) is -4.55. The molecule has 1 aromatic heterocycles. The molecule has 2 rings (SSSR count). The molecular formula is C13H21N5O8P2S. The molecule has 0 aromatic carbocycles. The minimum Gasteiger partial charge on any atom is -0.387 e. The molecule has 0 radical (unpaired) electrons. The van der Waals surface area contributed by atoms with E-state index in [0.29, 0.717) is 12.8 Å². The van der Waals surface area contributed by atoms with Crippen molar-refractivity contribution in [3.63, 3.8) is 0 Å². The quantitative estimate of drug-likeness (QED) is 0.156. The maximum Gasteiger partial charge on any atom is 0.335 e. The Morgan fingerprint density at radius 2 is 2.21 bits per heavy atom. The van der Waals surface area contributed by atoms with E-state index < -0.39 is 53.6 Å². The van der Waals surface area contributed by atoms with Crippen molar-refractivity contribution in [3.05, 3.63) is 16.0 Å². The third-order valence-corrected chi connectivity index (χ3v) is 5.43. The first-order valence-corrected chi connectivity index (χ1v) is 10.7. The summed E-state index contributed by atoms with van der Waals surface area (Å²) in [4.78, 5) is 12.8. The van der Waals surface area contributed by atoms with Crippen LogP contribution in [0.4, 0.5) is 5.69 Å². The monoisotopic (exact) mass is 469 g/mol. The van der Waals surface area contributed by atoms with Crippen LogP contribution in [0.25, 0.3) is 0 Å². The molecule has 7 N–H and O–H groups in total. The number of ether oxygens (including phenoxy) is 1. The van der Waals surface area contributed by atoms with Gasteiger partial charge in [0.05, 0.1) is 12.3 Å². The summed E-state index contributed by atoms with van der Waals surface area (Å²) < 4.78 is 36.9. The Morgan fingerprint density at radius 3 is 2.79 bits per heavy atom. The fourth-order valence-electron chi connectivity index (χ4n) is 2.75. The van der Waals surface area contributed by atoms with E-state index in [4.69, 9.17) is 32.6 Å². The standard InChI is InChI=1S/C13H21N5O8P2S/c1-2-3-5(14)7-8(16-13(15)29)11(21)18(17-7)12-10(20)9(19)6(25-12)4-24-28(23)26-27-22/h6,9-10,12,14,17,19-20,28H,2-4H2,1H3,(H3,15,16,29). The maximum atomic E-state index is 12.8. The number of anilines is 1. The average Bonchev–Trinajstić information content (AvgIpc) is 3.11. The van der Waals surface area contributed by atoms with Gasteiger partial charge in [0.2, 0.25) is 0 Å². The van der Waals surface area contributed by atoms with Crippen LogP contribution in [0.2, 0.25) is 0 Å². The SMILES string of the molecule is CCCC(=N)c1[nH]n(C2OC(CO[PH](=O)OP=O)C(O)C2O)c(=O)c1NC(N)=S. The second-order valence-electron chi connectivity index (χ2n) is 6.03. The lowest BCUT2D eigenvalue weighted by atomic mass is 10.1. The summed E-state index contributed by atoms with van der Waals surface area (Å²) in [5, 5.41) is 33.6. The van der Waals surface area contributed by atoms with Crippen molar-refractivity contribution in [1.82, 2.24) is 9.78 Å². The van der Waals surface area contributed by atoms with E-state index in [-0.39, 0.29) is 22.2 Å². The van der Waals surface area contributed by atoms with Crippen molar-refractivity contribution in [1.29, 1.82) is 5.41 Å². The zero-order valence-corrected chi connectivity index (χ0v) is 17.9. The number of nitrogens with one attached hydrogen (secondary N) is 3. The normalized spacial score (nSPS) is 25.2. The van der Waals surface area contributed by atoms with Crippen LogP contribution in [0.3, 0.4) is 0 Å². The molecule has 0 bridgehead atoms. The number of nitrogens with two attached hydrogens (primary N) is 1. The molecule has 1 aromatic rings. The van der Waals surface area contributed by atoms with E-state index >= 15 is 0 Å². The highest BCUT2D eigenvalue weighted by atomic mass is 32.1. The van der Waals surface area contributed by atoms with Gasteiger partial charge in [0, 0.05) is 0 Å². The second-order valence-corrected chi connectivity index (χ2v) is 8.14. The summed E-state index contributed by atoms with van der Waals surface area (Å²) in [5.74, 6) is 0. The number of nitrogens with zero attached hydrogens (tertiary/aromatic N) is 1. The van der Waals surface area contributed by atoms with Gasteiger partial charge in [-0.15, -0.1) is 0 Å². The lowest BCUT2D eigenvalue weighted by Crippen LogP contribution is -2.35. The number of hydrogen-bond acceptors (Lipinski definition) is 10. The van der Waals surface area contributed by atoms with Gasteiger partial charge in [-0.25, -0.2) is 13.6 Å². The fraction of sp³-hybridized carbons (Fsp3) is 0.615. The second kappa shape index (κ2) is 10.5. The molecule has 162 valence electrons. The van der Waals surface area contributed by atoms with E-state index in [1.54, 1.807) is 0 Å². The van der Waals surface area contributed by atoms with E-state index in [1.165, 1.54) is 0 Å². The number of aliphatic hydroxyl groups is 2. The molecule has 5 unspecified atom stereocenters. The minimum absolute atomic E-state index is 0.0890. The number of H-pyrrole nitrogens is 1. The van der Waals surface area contributed by atoms with E-state index in [0.717, 1.165) is 4.68 Å². The fourth-order valence-corrected chi connectivity index (χ4v) is 3.61. The number of aliphatic hydroxyl groups excluding tert-OH is 2. The van der Waals surface area contributed by atoms with E-state index in [9.17, 15) is 24.1 Å². The molecule has 2 heterocycles. The lowest BCUT2D eigenvalue weighted by Gasteiger charge is -2.15. The van der Waals surface area contributed by atoms with Gasteiger partial charge in [-0.2, -0.15) is 0 Å². The van der Waals surface area contributed by atoms with Crippen LogP contribution in [0.1, 0.15) is 31.7 Å². The van der Waals surface area contributed by atoms with Crippen molar-refractivity contribution in [2.45, 2.75) is 44.3 Å². The number of thiocarbonyl (C=S) groups is 1. The summed E-state index contributed by atoms with van der Waals surface area (Å²) in [6, 6.07) is 0. The molecule has 0 saturated carbocycles. The maximum absolute atomic E-state index is 12.8. The summed E-state index contributed by atoms with van der Waals surface area (Å²) >= 11 is 4.77. The Labute approximate surface area is 172 Å². The van der Waals surface area contributed by atoms with Gasteiger partial charge >= 0.3 is 16.9 Å². The third kappa shape index (κ3) is 5.56. The minimum atomic E-state index is -3.08. The van der Waals surface area contributed by atoms with Gasteiger partial charge in [0.15, 0.2) is 11.3 Å². The number of rotatable bonds is 10. The van der Waals surface area contributed by atoms with Crippen molar-refractivity contribution < 1.29 is 32.9 Å². The van der Waals surface area contributed by atoms with Crippen LogP contribution < -0.4 is 16.6 Å². The largest absolute Gasteiger partial charge is 0.387 e. The Hall–Kier alpha value is -1.50. The first-order valence-electron chi connectivity index (χ1n) is 8.38. The highest BCUT2D eigenvalue weighted by Gasteiger charge is 2.45. The van der Waals surface area contributed by atoms with Crippen LogP contribution in [0.15, 0.2) is 4.79 Å². The smallest absolute Gasteiger partial charge is 0.335 e. The Kier molecular flexibility index (Phi) is 8.61. The first-order chi connectivity index (χ1) is 13.7. The molecule has 1 saturated heterocycles. The van der Waals surface area contributed by atoms with Crippen LogP contribution in [0, 0.1) is 5.41 Å². The zero-order chi connectivity index (χ0) is 21.7. The van der Waals surface area contributed by atoms with Crippen LogP contribution in [-0.2, 0) is 22.7 Å².